The predicted molar refractivity (Wildman–Crippen MR) is 97.1 cm³/mol. The smallest absolute Gasteiger partial charge is 0.237 e. The third-order valence-electron chi connectivity index (χ3n) is 4.33. The van der Waals surface area contributed by atoms with Gasteiger partial charge in [0.1, 0.15) is 0 Å². The van der Waals surface area contributed by atoms with Gasteiger partial charge in [0.15, 0.2) is 0 Å². The molecule has 1 amide bonds. The van der Waals surface area contributed by atoms with Crippen LogP contribution in [0.4, 0.5) is 0 Å². The summed E-state index contributed by atoms with van der Waals surface area (Å²) < 4.78 is 0. The van der Waals surface area contributed by atoms with E-state index in [1.54, 1.807) is 0 Å². The van der Waals surface area contributed by atoms with E-state index in [0.717, 1.165) is 39.1 Å². The average molecular weight is 352 g/mol. The Morgan fingerprint density at radius 2 is 1.95 bits per heavy atom. The summed E-state index contributed by atoms with van der Waals surface area (Å²) in [6, 6.07) is 0.0395. The van der Waals surface area contributed by atoms with Gasteiger partial charge < -0.3 is 10.6 Å². The van der Waals surface area contributed by atoms with Crippen LogP contribution >= 0.6 is 24.8 Å². The molecule has 2 rings (SSSR count). The molecule has 6 heteroatoms. The van der Waals surface area contributed by atoms with Crippen molar-refractivity contribution in [2.24, 2.45) is 5.92 Å². The zero-order valence-corrected chi connectivity index (χ0v) is 15.4. The highest BCUT2D eigenvalue weighted by molar-refractivity contribution is 5.85. The van der Waals surface area contributed by atoms with Gasteiger partial charge in [0.25, 0.3) is 0 Å². The van der Waals surface area contributed by atoms with Gasteiger partial charge in [0.05, 0.1) is 6.04 Å². The van der Waals surface area contributed by atoms with E-state index >= 15 is 0 Å². The summed E-state index contributed by atoms with van der Waals surface area (Å²) in [4.78, 5) is 14.9. The Kier molecular flexibility index (Phi) is 11.1. The lowest BCUT2D eigenvalue weighted by atomic mass is 9.98. The van der Waals surface area contributed by atoms with E-state index in [1.165, 1.54) is 24.8 Å². The highest BCUT2D eigenvalue weighted by atomic mass is 35.5. The molecular formula is C16H31Cl2N3O. The Labute approximate surface area is 147 Å². The Hall–Kier alpha value is -0.290. The van der Waals surface area contributed by atoms with Gasteiger partial charge in [-0.1, -0.05) is 31.9 Å². The SMILES string of the molecule is CC(C)C(C(=O)NCC1=CCNCC1)N1CCCCC1.Cl.Cl. The first-order chi connectivity index (χ1) is 9.68. The maximum atomic E-state index is 12.5. The van der Waals surface area contributed by atoms with Crippen LogP contribution in [-0.4, -0.2) is 49.6 Å². The minimum Gasteiger partial charge on any atom is -0.351 e. The Morgan fingerprint density at radius 1 is 1.27 bits per heavy atom. The third-order valence-corrected chi connectivity index (χ3v) is 4.33. The predicted octanol–water partition coefficient (Wildman–Crippen LogP) is 2.38. The molecule has 0 aromatic rings. The molecular weight excluding hydrogens is 321 g/mol. The highest BCUT2D eigenvalue weighted by Gasteiger charge is 2.29. The lowest BCUT2D eigenvalue weighted by Crippen LogP contribution is -2.51. The molecule has 22 heavy (non-hydrogen) atoms. The second-order valence-electron chi connectivity index (χ2n) is 6.32. The van der Waals surface area contributed by atoms with Crippen LogP contribution in [0.15, 0.2) is 11.6 Å². The molecule has 0 aromatic heterocycles. The van der Waals surface area contributed by atoms with Crippen LogP contribution in [0.3, 0.4) is 0 Å². The standard InChI is InChI=1S/C16H29N3O.2ClH/c1-13(2)15(19-10-4-3-5-11-19)16(20)18-12-14-6-8-17-9-7-14;;/h6,13,15,17H,3-5,7-12H2,1-2H3,(H,18,20);2*1H. The van der Waals surface area contributed by atoms with E-state index in [9.17, 15) is 4.79 Å². The van der Waals surface area contributed by atoms with Crippen molar-refractivity contribution in [3.05, 3.63) is 11.6 Å². The lowest BCUT2D eigenvalue weighted by Gasteiger charge is -2.36. The van der Waals surface area contributed by atoms with Gasteiger partial charge in [-0.3, -0.25) is 9.69 Å². The largest absolute Gasteiger partial charge is 0.351 e. The molecule has 0 bridgehead atoms. The van der Waals surface area contributed by atoms with Crippen molar-refractivity contribution in [3.8, 4) is 0 Å². The van der Waals surface area contributed by atoms with Crippen LogP contribution in [0.25, 0.3) is 0 Å². The molecule has 1 unspecified atom stereocenters. The molecule has 2 aliphatic rings. The first-order valence-electron chi connectivity index (χ1n) is 8.09. The number of hydrogen-bond acceptors (Lipinski definition) is 3. The fraction of sp³-hybridized carbons (Fsp3) is 0.812. The molecule has 1 atom stereocenters. The molecule has 0 aromatic carbocycles. The Balaban J connectivity index is 0.00000220. The summed E-state index contributed by atoms with van der Waals surface area (Å²) in [5.41, 5.74) is 1.36. The molecule has 0 saturated carbocycles. The number of piperidine rings is 1. The maximum Gasteiger partial charge on any atom is 0.237 e. The summed E-state index contributed by atoms with van der Waals surface area (Å²) in [6.45, 7) is 9.14. The van der Waals surface area contributed by atoms with Crippen molar-refractivity contribution in [3.63, 3.8) is 0 Å². The van der Waals surface area contributed by atoms with Gasteiger partial charge in [-0.2, -0.15) is 0 Å². The number of rotatable bonds is 5. The van der Waals surface area contributed by atoms with Crippen molar-refractivity contribution in [1.29, 1.82) is 0 Å². The lowest BCUT2D eigenvalue weighted by molar-refractivity contribution is -0.128. The zero-order chi connectivity index (χ0) is 14.4. The van der Waals surface area contributed by atoms with Crippen LogP contribution < -0.4 is 10.6 Å². The number of hydrogen-bond donors (Lipinski definition) is 2. The molecule has 0 radical (unpaired) electrons. The van der Waals surface area contributed by atoms with E-state index in [2.05, 4.69) is 35.5 Å². The van der Waals surface area contributed by atoms with Gasteiger partial charge in [-0.15, -0.1) is 24.8 Å². The summed E-state index contributed by atoms with van der Waals surface area (Å²) in [5.74, 6) is 0.580. The second kappa shape index (κ2) is 11.3. The molecule has 1 fully saturated rings. The number of carbonyl (C=O) groups is 1. The molecule has 1 saturated heterocycles. The van der Waals surface area contributed by atoms with Crippen LogP contribution in [-0.2, 0) is 4.79 Å². The molecule has 2 heterocycles. The van der Waals surface area contributed by atoms with Crippen LogP contribution in [0, 0.1) is 5.92 Å². The van der Waals surface area contributed by atoms with E-state index < -0.39 is 0 Å². The molecule has 2 N–H and O–H groups in total. The zero-order valence-electron chi connectivity index (χ0n) is 13.8. The molecule has 2 aliphatic heterocycles. The van der Waals surface area contributed by atoms with Crippen molar-refractivity contribution < 1.29 is 4.79 Å². The van der Waals surface area contributed by atoms with E-state index in [0.29, 0.717) is 5.92 Å². The molecule has 0 aliphatic carbocycles. The first kappa shape index (κ1) is 21.7. The number of likely N-dealkylation sites (tertiary alicyclic amines) is 1. The molecule has 0 spiro atoms. The van der Waals surface area contributed by atoms with Gasteiger partial charge in [0, 0.05) is 13.1 Å². The Bertz CT molecular complexity index is 355. The monoisotopic (exact) mass is 351 g/mol. The minimum absolute atomic E-state index is 0. The molecule has 4 nitrogen and oxygen atoms in total. The topological polar surface area (TPSA) is 44.4 Å². The summed E-state index contributed by atoms with van der Waals surface area (Å²) in [6.07, 6.45) is 7.02. The maximum absolute atomic E-state index is 12.5. The second-order valence-corrected chi connectivity index (χ2v) is 6.32. The normalized spacial score (nSPS) is 20.4. The summed E-state index contributed by atoms with van der Waals surface area (Å²) in [7, 11) is 0. The van der Waals surface area contributed by atoms with Crippen molar-refractivity contribution in [2.45, 2.75) is 45.6 Å². The van der Waals surface area contributed by atoms with Gasteiger partial charge in [-0.25, -0.2) is 0 Å². The van der Waals surface area contributed by atoms with Gasteiger partial charge in [0.2, 0.25) is 5.91 Å². The molecule has 130 valence electrons. The van der Waals surface area contributed by atoms with Crippen molar-refractivity contribution in [1.82, 2.24) is 15.5 Å². The third kappa shape index (κ3) is 6.45. The summed E-state index contributed by atoms with van der Waals surface area (Å²) in [5, 5.41) is 6.45. The van der Waals surface area contributed by atoms with Crippen LogP contribution in [0.5, 0.6) is 0 Å². The van der Waals surface area contributed by atoms with Crippen molar-refractivity contribution in [2.75, 3.05) is 32.7 Å². The van der Waals surface area contributed by atoms with Gasteiger partial charge >= 0.3 is 0 Å². The van der Waals surface area contributed by atoms with Gasteiger partial charge in [-0.05, 0) is 44.8 Å². The quantitative estimate of drug-likeness (QED) is 0.747. The highest BCUT2D eigenvalue weighted by Crippen LogP contribution is 2.18. The summed E-state index contributed by atoms with van der Waals surface area (Å²) >= 11 is 0. The van der Waals surface area contributed by atoms with Crippen LogP contribution in [0.1, 0.15) is 39.5 Å². The first-order valence-corrected chi connectivity index (χ1v) is 8.09. The number of carbonyl (C=O) groups excluding carboxylic acids is 1. The van der Waals surface area contributed by atoms with E-state index in [-0.39, 0.29) is 36.8 Å². The van der Waals surface area contributed by atoms with E-state index in [1.807, 2.05) is 0 Å². The number of nitrogens with zero attached hydrogens (tertiary/aromatic N) is 1. The fourth-order valence-corrected chi connectivity index (χ4v) is 3.22. The number of amides is 1. The van der Waals surface area contributed by atoms with E-state index in [4.69, 9.17) is 0 Å². The minimum atomic E-state index is 0. The Morgan fingerprint density at radius 3 is 2.50 bits per heavy atom. The number of halogens is 2. The number of nitrogens with one attached hydrogen (secondary N) is 2. The van der Waals surface area contributed by atoms with Crippen molar-refractivity contribution >= 4 is 30.7 Å². The average Bonchev–Trinajstić information content (AvgIpc) is 2.47. The fourth-order valence-electron chi connectivity index (χ4n) is 3.22. The van der Waals surface area contributed by atoms with Crippen LogP contribution in [0.2, 0.25) is 0 Å².